The number of esters is 2. The van der Waals surface area contributed by atoms with E-state index in [0.29, 0.717) is 12.8 Å². The van der Waals surface area contributed by atoms with E-state index in [1.165, 1.54) is 70.6 Å². The van der Waals surface area contributed by atoms with E-state index in [0.717, 1.165) is 122 Å². The molecule has 9 nitrogen and oxygen atoms in total. The van der Waals surface area contributed by atoms with Gasteiger partial charge in [0.15, 0.2) is 6.10 Å². The number of phosphoric ester groups is 1. The molecule has 0 spiro atoms. The topological polar surface area (TPSA) is 134 Å². The average molecular weight is 1170 g/mol. The first-order chi connectivity index (χ1) is 40.8. The molecule has 2 atom stereocenters. The Hall–Kier alpha value is -4.89. The molecule has 0 heterocycles. The molecule has 0 bridgehead atoms. The SMILES string of the molecule is CC/C=C\C/C=C\C/C=C\C/C=C\C/C=C\C/C=C\C/C=C\C/C=C\CCCCCCCCCCCCCCCCC(=O)OC(COC(=O)CCC/C=C\C/C=C\C/C=C\C/C=C\C/C=C\C/C=C\C/C=C\CC)COP(=O)(O)OCCN. The van der Waals surface area contributed by atoms with Crippen LogP contribution >= 0.6 is 7.82 Å². The van der Waals surface area contributed by atoms with Gasteiger partial charge in [0.05, 0.1) is 13.2 Å². The Kier molecular flexibility index (Phi) is 62.3. The zero-order valence-electron chi connectivity index (χ0n) is 52.1. The predicted molar refractivity (Wildman–Crippen MR) is 357 cm³/mol. The standard InChI is InChI=1S/C73H116NO8P/c1-3-5-7-9-11-13-15-17-19-21-23-25-27-28-29-30-31-32-33-34-35-36-37-38-39-40-41-42-44-46-48-50-52-54-56-58-60-62-64-66-73(76)82-71(70-81-83(77,78)80-68-67-74)69-79-72(75)65-63-61-59-57-55-53-51-49-47-45-43-26-24-22-20-18-16-14-12-10-8-6-4-2/h5-8,11-14,17-20,23-26,28-29,31-32,34-35,37-38,45,47,51,53,57,59,71H,3-4,9-10,15-16,21-22,27,30,33,36,39-44,46,48-50,52,54-56,58,60-70,74H2,1-2H3,(H,77,78)/b7-5-,8-6-,13-11-,14-12-,19-17-,20-18-,25-23-,26-24-,29-28-,32-31-,35-34-,38-37-,47-45-,53-51-,59-57-. The van der Waals surface area contributed by atoms with Crippen LogP contribution in [0, 0.1) is 0 Å². The summed E-state index contributed by atoms with van der Waals surface area (Å²) < 4.78 is 33.0. The highest BCUT2D eigenvalue weighted by Crippen LogP contribution is 2.43. The first kappa shape index (κ1) is 78.1. The van der Waals surface area contributed by atoms with Crippen LogP contribution < -0.4 is 5.73 Å². The molecule has 0 aromatic rings. The molecule has 2 unspecified atom stereocenters. The Bertz CT molecular complexity index is 2010. The fourth-order valence-electron chi connectivity index (χ4n) is 8.11. The summed E-state index contributed by atoms with van der Waals surface area (Å²) in [6.45, 7) is 3.43. The maximum absolute atomic E-state index is 12.7. The van der Waals surface area contributed by atoms with Crippen LogP contribution in [0.15, 0.2) is 182 Å². The molecular weight excluding hydrogens is 1050 g/mol. The minimum absolute atomic E-state index is 0.0366. The second kappa shape index (κ2) is 66.3. The van der Waals surface area contributed by atoms with Gasteiger partial charge in [-0.15, -0.1) is 0 Å². The Morgan fingerprint density at radius 2 is 0.639 bits per heavy atom. The molecule has 0 aromatic carbocycles. The third kappa shape index (κ3) is 66.1. The molecule has 0 aliphatic heterocycles. The zero-order valence-corrected chi connectivity index (χ0v) is 53.0. The molecule has 0 fully saturated rings. The third-order valence-corrected chi connectivity index (χ3v) is 13.8. The van der Waals surface area contributed by atoms with E-state index < -0.39 is 32.5 Å². The Morgan fingerprint density at radius 1 is 0.361 bits per heavy atom. The first-order valence-electron chi connectivity index (χ1n) is 32.3. The molecular formula is C73H116NO8P. The normalized spacial score (nSPS) is 14.2. The molecule has 83 heavy (non-hydrogen) atoms. The summed E-state index contributed by atoms with van der Waals surface area (Å²) in [5.41, 5.74) is 5.39. The summed E-state index contributed by atoms with van der Waals surface area (Å²) in [7, 11) is -4.42. The minimum Gasteiger partial charge on any atom is -0.462 e. The number of hydrogen-bond donors (Lipinski definition) is 2. The largest absolute Gasteiger partial charge is 0.472 e. The van der Waals surface area contributed by atoms with Crippen molar-refractivity contribution in [3.63, 3.8) is 0 Å². The van der Waals surface area contributed by atoms with Gasteiger partial charge in [-0.05, 0) is 128 Å². The van der Waals surface area contributed by atoms with Gasteiger partial charge in [0.25, 0.3) is 0 Å². The smallest absolute Gasteiger partial charge is 0.462 e. The molecule has 0 rings (SSSR count). The lowest BCUT2D eigenvalue weighted by atomic mass is 10.0. The van der Waals surface area contributed by atoms with E-state index in [4.69, 9.17) is 24.3 Å². The molecule has 0 amide bonds. The Labute approximate surface area is 507 Å². The van der Waals surface area contributed by atoms with Crippen LogP contribution in [0.2, 0.25) is 0 Å². The average Bonchev–Trinajstić information content (AvgIpc) is 3.48. The molecule has 0 saturated heterocycles. The summed E-state index contributed by atoms with van der Waals surface area (Å²) in [5.74, 6) is -0.909. The highest BCUT2D eigenvalue weighted by Gasteiger charge is 2.26. The summed E-state index contributed by atoms with van der Waals surface area (Å²) in [5, 5.41) is 0. The van der Waals surface area contributed by atoms with E-state index >= 15 is 0 Å². The van der Waals surface area contributed by atoms with Crippen molar-refractivity contribution in [2.45, 2.75) is 238 Å². The highest BCUT2D eigenvalue weighted by atomic mass is 31.2. The van der Waals surface area contributed by atoms with Gasteiger partial charge in [0.2, 0.25) is 0 Å². The fraction of sp³-hybridized carbons (Fsp3) is 0.562. The van der Waals surface area contributed by atoms with Crippen molar-refractivity contribution in [3.8, 4) is 0 Å². The van der Waals surface area contributed by atoms with Gasteiger partial charge in [0.1, 0.15) is 6.61 Å². The Balaban J connectivity index is 4.01. The van der Waals surface area contributed by atoms with Gasteiger partial charge in [-0.25, -0.2) is 4.57 Å². The van der Waals surface area contributed by atoms with E-state index in [2.05, 4.69) is 190 Å². The van der Waals surface area contributed by atoms with Crippen LogP contribution in [0.1, 0.15) is 232 Å². The first-order valence-corrected chi connectivity index (χ1v) is 33.8. The second-order valence-corrected chi connectivity index (χ2v) is 22.0. The van der Waals surface area contributed by atoms with E-state index in [1.54, 1.807) is 0 Å². The fourth-order valence-corrected chi connectivity index (χ4v) is 8.88. The summed E-state index contributed by atoms with van der Waals surface area (Å²) in [6.07, 6.45) is 99.7. The van der Waals surface area contributed by atoms with Crippen molar-refractivity contribution in [2.75, 3.05) is 26.4 Å². The number of carbonyl (C=O) groups is 2. The summed E-state index contributed by atoms with van der Waals surface area (Å²) in [4.78, 5) is 35.2. The molecule has 0 saturated carbocycles. The molecule has 466 valence electrons. The van der Waals surface area contributed by atoms with Crippen LogP contribution in [0.25, 0.3) is 0 Å². The molecule has 0 aliphatic rings. The van der Waals surface area contributed by atoms with Gasteiger partial charge < -0.3 is 20.1 Å². The number of hydrogen-bond acceptors (Lipinski definition) is 8. The predicted octanol–water partition coefficient (Wildman–Crippen LogP) is 21.2. The van der Waals surface area contributed by atoms with Gasteiger partial charge in [0, 0.05) is 19.4 Å². The van der Waals surface area contributed by atoms with Crippen molar-refractivity contribution in [2.24, 2.45) is 5.73 Å². The number of ether oxygens (including phenoxy) is 2. The van der Waals surface area contributed by atoms with Crippen LogP contribution in [0.3, 0.4) is 0 Å². The Morgan fingerprint density at radius 3 is 0.964 bits per heavy atom. The van der Waals surface area contributed by atoms with Crippen LogP contribution in [0.4, 0.5) is 0 Å². The molecule has 0 aromatic heterocycles. The zero-order chi connectivity index (χ0) is 60.1. The lowest BCUT2D eigenvalue weighted by molar-refractivity contribution is -0.161. The second-order valence-electron chi connectivity index (χ2n) is 20.5. The number of nitrogens with two attached hydrogens (primary N) is 1. The summed E-state index contributed by atoms with van der Waals surface area (Å²) in [6, 6.07) is 0. The maximum Gasteiger partial charge on any atom is 0.472 e. The van der Waals surface area contributed by atoms with Crippen LogP contribution in [0.5, 0.6) is 0 Å². The van der Waals surface area contributed by atoms with Crippen molar-refractivity contribution < 1.29 is 37.6 Å². The highest BCUT2D eigenvalue weighted by molar-refractivity contribution is 7.47. The minimum atomic E-state index is -4.42. The van der Waals surface area contributed by atoms with Crippen LogP contribution in [-0.2, 0) is 32.7 Å². The number of carbonyl (C=O) groups excluding carboxylic acids is 2. The van der Waals surface area contributed by atoms with E-state index in [9.17, 15) is 19.0 Å². The van der Waals surface area contributed by atoms with Crippen molar-refractivity contribution in [3.05, 3.63) is 182 Å². The van der Waals surface area contributed by atoms with Gasteiger partial charge in [-0.3, -0.25) is 18.6 Å². The summed E-state index contributed by atoms with van der Waals surface area (Å²) >= 11 is 0. The number of phosphoric acid groups is 1. The monoisotopic (exact) mass is 1170 g/mol. The van der Waals surface area contributed by atoms with Gasteiger partial charge in [-0.2, -0.15) is 0 Å². The molecule has 3 N–H and O–H groups in total. The lowest BCUT2D eigenvalue weighted by Crippen LogP contribution is -2.29. The number of allylic oxidation sites excluding steroid dienone is 30. The maximum atomic E-state index is 12.7. The molecule has 10 heteroatoms. The lowest BCUT2D eigenvalue weighted by Gasteiger charge is -2.19. The van der Waals surface area contributed by atoms with Gasteiger partial charge in [-0.1, -0.05) is 273 Å². The molecule has 0 aliphatic carbocycles. The van der Waals surface area contributed by atoms with E-state index in [1.807, 2.05) is 6.08 Å². The van der Waals surface area contributed by atoms with Crippen molar-refractivity contribution in [1.82, 2.24) is 0 Å². The quantitative estimate of drug-likeness (QED) is 0.0264. The number of rotatable bonds is 58. The van der Waals surface area contributed by atoms with Crippen molar-refractivity contribution in [1.29, 1.82) is 0 Å². The van der Waals surface area contributed by atoms with E-state index in [-0.39, 0.29) is 32.6 Å². The number of unbranched alkanes of at least 4 members (excludes halogenated alkanes) is 15. The van der Waals surface area contributed by atoms with Crippen molar-refractivity contribution >= 4 is 19.8 Å². The van der Waals surface area contributed by atoms with Gasteiger partial charge >= 0.3 is 19.8 Å². The molecule has 0 radical (unpaired) electrons. The third-order valence-electron chi connectivity index (χ3n) is 12.8. The van der Waals surface area contributed by atoms with Crippen LogP contribution in [-0.4, -0.2) is 49.3 Å².